The number of hydrogen-bond acceptors (Lipinski definition) is 3. The number of hydrogen-bond donors (Lipinski definition) is 2. The highest BCUT2D eigenvalue weighted by Gasteiger charge is 2.27. The SMILES string of the molecule is Cc1nn(C)cc1NC(=O)NCCSC(F)(F)F. The molecule has 0 saturated carbocycles. The Morgan fingerprint density at radius 1 is 1.56 bits per heavy atom. The molecule has 102 valence electrons. The van der Waals surface area contributed by atoms with E-state index in [0.717, 1.165) is 0 Å². The molecule has 0 spiro atoms. The number of rotatable bonds is 4. The van der Waals surface area contributed by atoms with Gasteiger partial charge in [0.15, 0.2) is 0 Å². The summed E-state index contributed by atoms with van der Waals surface area (Å²) < 4.78 is 37.0. The van der Waals surface area contributed by atoms with Gasteiger partial charge in [0.25, 0.3) is 0 Å². The number of alkyl halides is 3. The molecule has 9 heteroatoms. The van der Waals surface area contributed by atoms with Crippen LogP contribution < -0.4 is 10.6 Å². The van der Waals surface area contributed by atoms with Crippen molar-refractivity contribution in [3.05, 3.63) is 11.9 Å². The Kier molecular flexibility index (Phi) is 4.88. The fraction of sp³-hybridized carbons (Fsp3) is 0.556. The average molecular weight is 282 g/mol. The predicted molar refractivity (Wildman–Crippen MR) is 63.5 cm³/mol. The summed E-state index contributed by atoms with van der Waals surface area (Å²) in [6.07, 6.45) is 1.61. The van der Waals surface area contributed by atoms with Gasteiger partial charge in [-0.1, -0.05) is 0 Å². The van der Waals surface area contributed by atoms with Crippen molar-refractivity contribution >= 4 is 23.5 Å². The normalized spacial score (nSPS) is 11.4. The molecule has 0 unspecified atom stereocenters. The van der Waals surface area contributed by atoms with Gasteiger partial charge in [0.2, 0.25) is 0 Å². The van der Waals surface area contributed by atoms with E-state index in [1.807, 2.05) is 0 Å². The fourth-order valence-corrected chi connectivity index (χ4v) is 1.66. The number of carbonyl (C=O) groups is 1. The molecule has 1 aromatic heterocycles. The first-order valence-electron chi connectivity index (χ1n) is 5.04. The monoisotopic (exact) mass is 282 g/mol. The molecule has 1 rings (SSSR count). The molecule has 2 N–H and O–H groups in total. The molecule has 0 aromatic carbocycles. The van der Waals surface area contributed by atoms with E-state index in [0.29, 0.717) is 11.4 Å². The van der Waals surface area contributed by atoms with Gasteiger partial charge in [-0.05, 0) is 18.7 Å². The van der Waals surface area contributed by atoms with Crippen LogP contribution in [0.4, 0.5) is 23.7 Å². The predicted octanol–water partition coefficient (Wildman–Crippen LogP) is 2.10. The summed E-state index contributed by atoms with van der Waals surface area (Å²) in [6, 6.07) is -0.547. The van der Waals surface area contributed by atoms with Crippen molar-refractivity contribution in [2.45, 2.75) is 12.4 Å². The van der Waals surface area contributed by atoms with Gasteiger partial charge >= 0.3 is 11.5 Å². The van der Waals surface area contributed by atoms with Crippen molar-refractivity contribution in [1.82, 2.24) is 15.1 Å². The molecule has 0 aliphatic heterocycles. The van der Waals surface area contributed by atoms with Crippen LogP contribution in [0.2, 0.25) is 0 Å². The first-order chi connectivity index (χ1) is 8.28. The van der Waals surface area contributed by atoms with E-state index in [1.165, 1.54) is 4.68 Å². The highest BCUT2D eigenvalue weighted by molar-refractivity contribution is 8.00. The molecular weight excluding hydrogens is 269 g/mol. The van der Waals surface area contributed by atoms with Crippen LogP contribution in [0, 0.1) is 6.92 Å². The largest absolute Gasteiger partial charge is 0.441 e. The zero-order chi connectivity index (χ0) is 13.8. The number of halogens is 3. The highest BCUT2D eigenvalue weighted by Crippen LogP contribution is 2.29. The van der Waals surface area contributed by atoms with Crippen molar-refractivity contribution in [2.75, 3.05) is 17.6 Å². The number of urea groups is 1. The minimum Gasteiger partial charge on any atom is -0.337 e. The van der Waals surface area contributed by atoms with Crippen LogP contribution in [0.15, 0.2) is 6.20 Å². The summed E-state index contributed by atoms with van der Waals surface area (Å²) in [5.74, 6) is -0.219. The number of anilines is 1. The van der Waals surface area contributed by atoms with Gasteiger partial charge in [0, 0.05) is 25.5 Å². The van der Waals surface area contributed by atoms with Crippen LogP contribution in [-0.2, 0) is 7.05 Å². The minimum atomic E-state index is -4.27. The third-order valence-electron chi connectivity index (χ3n) is 1.92. The Balaban J connectivity index is 2.28. The third-order valence-corrected chi connectivity index (χ3v) is 2.65. The average Bonchev–Trinajstić information content (AvgIpc) is 2.51. The molecule has 0 radical (unpaired) electrons. The van der Waals surface area contributed by atoms with E-state index in [4.69, 9.17) is 0 Å². The Labute approximate surface area is 106 Å². The van der Waals surface area contributed by atoms with Crippen LogP contribution in [0.5, 0.6) is 0 Å². The molecular formula is C9H13F3N4OS. The van der Waals surface area contributed by atoms with Gasteiger partial charge in [0.05, 0.1) is 11.4 Å². The molecule has 0 fully saturated rings. The molecule has 0 bridgehead atoms. The smallest absolute Gasteiger partial charge is 0.337 e. The molecule has 1 aromatic rings. The first kappa shape index (κ1) is 14.7. The van der Waals surface area contributed by atoms with Gasteiger partial charge in [-0.2, -0.15) is 18.3 Å². The summed E-state index contributed by atoms with van der Waals surface area (Å²) in [7, 11) is 1.70. The summed E-state index contributed by atoms with van der Waals surface area (Å²) in [5.41, 5.74) is -3.10. The number of nitrogens with zero attached hydrogens (tertiary/aromatic N) is 2. The molecule has 5 nitrogen and oxygen atoms in total. The number of aromatic nitrogens is 2. The molecule has 0 aliphatic carbocycles. The molecule has 0 atom stereocenters. The summed E-state index contributed by atoms with van der Waals surface area (Å²) in [6.45, 7) is 1.66. The summed E-state index contributed by atoms with van der Waals surface area (Å²) in [5, 5.41) is 8.85. The van der Waals surface area contributed by atoms with Crippen LogP contribution in [0.25, 0.3) is 0 Å². The molecule has 1 heterocycles. The standard InChI is InChI=1S/C9H13F3N4OS/c1-6-7(5-16(2)15-6)14-8(17)13-3-4-18-9(10,11)12/h5H,3-4H2,1-2H3,(H2,13,14,17). The second-order valence-corrected chi connectivity index (χ2v) is 4.64. The second-order valence-electron chi connectivity index (χ2n) is 3.48. The maximum absolute atomic E-state index is 11.8. The quantitative estimate of drug-likeness (QED) is 0.831. The van der Waals surface area contributed by atoms with Gasteiger partial charge in [-0.15, -0.1) is 0 Å². The molecule has 0 aliphatic rings. The Hall–Kier alpha value is -1.38. The van der Waals surface area contributed by atoms with Gasteiger partial charge in [0.1, 0.15) is 0 Å². The lowest BCUT2D eigenvalue weighted by atomic mass is 10.4. The van der Waals surface area contributed by atoms with Crippen molar-refractivity contribution in [3.8, 4) is 0 Å². The first-order valence-corrected chi connectivity index (χ1v) is 6.02. The van der Waals surface area contributed by atoms with Crippen LogP contribution in [0.3, 0.4) is 0 Å². The number of carbonyl (C=O) groups excluding carboxylic acids is 1. The van der Waals surface area contributed by atoms with Crippen molar-refractivity contribution < 1.29 is 18.0 Å². The second kappa shape index (κ2) is 5.98. The third kappa shape index (κ3) is 5.30. The van der Waals surface area contributed by atoms with Crippen LogP contribution >= 0.6 is 11.8 Å². The molecule has 18 heavy (non-hydrogen) atoms. The van der Waals surface area contributed by atoms with Crippen LogP contribution in [-0.4, -0.2) is 33.6 Å². The highest BCUT2D eigenvalue weighted by atomic mass is 32.2. The number of aryl methyl sites for hydroxylation is 2. The number of amides is 2. The van der Waals surface area contributed by atoms with E-state index in [1.54, 1.807) is 20.2 Å². The maximum Gasteiger partial charge on any atom is 0.441 e. The zero-order valence-corrected chi connectivity index (χ0v) is 10.7. The van der Waals surface area contributed by atoms with Gasteiger partial charge in [-0.3, -0.25) is 4.68 Å². The Bertz CT molecular complexity index is 418. The van der Waals surface area contributed by atoms with Crippen molar-refractivity contribution in [3.63, 3.8) is 0 Å². The maximum atomic E-state index is 11.8. The Morgan fingerprint density at radius 2 is 2.22 bits per heavy atom. The topological polar surface area (TPSA) is 59.0 Å². The van der Waals surface area contributed by atoms with E-state index in [2.05, 4.69) is 15.7 Å². The Morgan fingerprint density at radius 3 is 2.72 bits per heavy atom. The lowest BCUT2D eigenvalue weighted by Gasteiger charge is -2.07. The summed E-state index contributed by atoms with van der Waals surface area (Å²) >= 11 is -0.170. The molecule has 0 saturated heterocycles. The van der Waals surface area contributed by atoms with E-state index >= 15 is 0 Å². The summed E-state index contributed by atoms with van der Waals surface area (Å²) in [4.78, 5) is 11.3. The van der Waals surface area contributed by atoms with Crippen molar-refractivity contribution in [1.29, 1.82) is 0 Å². The van der Waals surface area contributed by atoms with Crippen LogP contribution in [0.1, 0.15) is 5.69 Å². The lowest BCUT2D eigenvalue weighted by Crippen LogP contribution is -2.31. The molecule has 2 amide bonds. The fourth-order valence-electron chi connectivity index (χ4n) is 1.22. The number of thioether (sulfide) groups is 1. The van der Waals surface area contributed by atoms with Gasteiger partial charge in [-0.25, -0.2) is 4.79 Å². The van der Waals surface area contributed by atoms with E-state index in [9.17, 15) is 18.0 Å². The number of nitrogens with one attached hydrogen (secondary N) is 2. The van der Waals surface area contributed by atoms with E-state index < -0.39 is 11.5 Å². The van der Waals surface area contributed by atoms with E-state index in [-0.39, 0.29) is 24.1 Å². The van der Waals surface area contributed by atoms with Crippen molar-refractivity contribution in [2.24, 2.45) is 7.05 Å². The van der Waals surface area contributed by atoms with Gasteiger partial charge < -0.3 is 10.6 Å². The zero-order valence-electron chi connectivity index (χ0n) is 9.84. The lowest BCUT2D eigenvalue weighted by molar-refractivity contribution is -0.0327. The minimum absolute atomic E-state index is 0.0602.